The van der Waals surface area contributed by atoms with E-state index in [0.717, 1.165) is 0 Å². The van der Waals surface area contributed by atoms with Crippen LogP contribution in [-0.4, -0.2) is 11.1 Å². The minimum absolute atomic E-state index is 0.273. The topological polar surface area (TPSA) is 46.2 Å². The largest absolute Gasteiger partial charge is 0.387 e. The predicted octanol–water partition coefficient (Wildman–Crippen LogP) is 2.28. The molecule has 2 atom stereocenters. The number of aliphatic hydroxyl groups is 1. The Labute approximate surface area is 91.1 Å². The zero-order valence-corrected chi connectivity index (χ0v) is 9.68. The molecule has 1 aromatic rings. The minimum atomic E-state index is -0.965. The Balaban J connectivity index is 3.25. The fraction of sp³-hybridized carbons (Fsp3) is 0.400. The van der Waals surface area contributed by atoms with Gasteiger partial charge in [-0.15, -0.1) is 0 Å². The number of nitrogens with two attached hydrogens (primary N) is 1. The van der Waals surface area contributed by atoms with Crippen molar-refractivity contribution in [2.24, 2.45) is 5.73 Å². The third-order valence-electron chi connectivity index (χ3n) is 2.14. The summed E-state index contributed by atoms with van der Waals surface area (Å²) < 4.78 is 14.0. The van der Waals surface area contributed by atoms with Crippen molar-refractivity contribution in [3.63, 3.8) is 0 Å². The first-order valence-corrected chi connectivity index (χ1v) is 5.12. The number of aryl methyl sites for hydroxylation is 1. The fourth-order valence-corrected chi connectivity index (χ4v) is 1.63. The molecule has 0 radical (unpaired) electrons. The number of benzene rings is 1. The van der Waals surface area contributed by atoms with Crippen molar-refractivity contribution in [3.8, 4) is 0 Å². The van der Waals surface area contributed by atoms with Crippen LogP contribution in [0.2, 0.25) is 0 Å². The lowest BCUT2D eigenvalue weighted by Gasteiger charge is -2.18. The molecule has 1 rings (SSSR count). The lowest BCUT2D eigenvalue weighted by Crippen LogP contribution is -2.26. The molecular formula is C10H13BrFNO. The minimum Gasteiger partial charge on any atom is -0.387 e. The van der Waals surface area contributed by atoms with E-state index < -0.39 is 18.0 Å². The van der Waals surface area contributed by atoms with Gasteiger partial charge in [0.05, 0.1) is 10.6 Å². The molecule has 2 unspecified atom stereocenters. The molecule has 0 amide bonds. The molecule has 0 saturated heterocycles. The first-order chi connectivity index (χ1) is 6.45. The van der Waals surface area contributed by atoms with Crippen LogP contribution in [0.5, 0.6) is 0 Å². The third kappa shape index (κ3) is 2.13. The van der Waals surface area contributed by atoms with Gasteiger partial charge in [0, 0.05) is 11.6 Å². The van der Waals surface area contributed by atoms with Gasteiger partial charge in [0.2, 0.25) is 0 Å². The normalized spacial score (nSPS) is 15.3. The van der Waals surface area contributed by atoms with Crippen LogP contribution in [-0.2, 0) is 0 Å². The van der Waals surface area contributed by atoms with Gasteiger partial charge in [0.25, 0.3) is 0 Å². The van der Waals surface area contributed by atoms with E-state index in [4.69, 9.17) is 5.73 Å². The standard InChI is InChI=1S/C10H13BrFNO/c1-5-3-4-7(11)9(12)8(5)10(14)6(2)13/h3-4,6,10,14H,13H2,1-2H3. The summed E-state index contributed by atoms with van der Waals surface area (Å²) in [6, 6.07) is 2.87. The second kappa shape index (κ2) is 4.38. The van der Waals surface area contributed by atoms with Crippen LogP contribution in [0.3, 0.4) is 0 Å². The summed E-state index contributed by atoms with van der Waals surface area (Å²) in [5, 5.41) is 9.70. The molecule has 1 aromatic carbocycles. The van der Waals surface area contributed by atoms with Crippen LogP contribution in [0.1, 0.15) is 24.2 Å². The van der Waals surface area contributed by atoms with Gasteiger partial charge in [0.1, 0.15) is 5.82 Å². The van der Waals surface area contributed by atoms with Gasteiger partial charge in [-0.1, -0.05) is 6.07 Å². The van der Waals surface area contributed by atoms with Gasteiger partial charge in [0.15, 0.2) is 0 Å². The Morgan fingerprint density at radius 1 is 1.50 bits per heavy atom. The van der Waals surface area contributed by atoms with E-state index >= 15 is 0 Å². The van der Waals surface area contributed by atoms with Crippen LogP contribution >= 0.6 is 15.9 Å². The molecule has 0 bridgehead atoms. The second-order valence-electron chi connectivity index (χ2n) is 3.40. The zero-order valence-electron chi connectivity index (χ0n) is 8.09. The maximum Gasteiger partial charge on any atom is 0.143 e. The highest BCUT2D eigenvalue weighted by atomic mass is 79.9. The van der Waals surface area contributed by atoms with E-state index in [-0.39, 0.29) is 5.56 Å². The van der Waals surface area contributed by atoms with Gasteiger partial charge in [-0.05, 0) is 41.4 Å². The lowest BCUT2D eigenvalue weighted by atomic mass is 9.99. The van der Waals surface area contributed by atoms with E-state index in [1.165, 1.54) is 0 Å². The van der Waals surface area contributed by atoms with Crippen molar-refractivity contribution >= 4 is 15.9 Å². The van der Waals surface area contributed by atoms with E-state index in [2.05, 4.69) is 15.9 Å². The maximum atomic E-state index is 13.6. The SMILES string of the molecule is Cc1ccc(Br)c(F)c1C(O)C(C)N. The Bertz CT molecular complexity index is 341. The molecular weight excluding hydrogens is 249 g/mol. The average molecular weight is 262 g/mol. The molecule has 0 fully saturated rings. The number of hydrogen-bond donors (Lipinski definition) is 2. The molecule has 3 N–H and O–H groups in total. The molecule has 0 saturated carbocycles. The third-order valence-corrected chi connectivity index (χ3v) is 2.76. The first-order valence-electron chi connectivity index (χ1n) is 4.33. The smallest absolute Gasteiger partial charge is 0.143 e. The Morgan fingerprint density at radius 2 is 2.07 bits per heavy atom. The summed E-state index contributed by atoms with van der Waals surface area (Å²) in [5.74, 6) is -0.435. The van der Waals surface area contributed by atoms with Crippen molar-refractivity contribution in [1.29, 1.82) is 0 Å². The maximum absolute atomic E-state index is 13.6. The molecule has 0 aromatic heterocycles. The van der Waals surface area contributed by atoms with E-state index in [1.54, 1.807) is 26.0 Å². The van der Waals surface area contributed by atoms with Crippen LogP contribution in [0, 0.1) is 12.7 Å². The molecule has 0 heterocycles. The number of aliphatic hydroxyl groups excluding tert-OH is 1. The highest BCUT2D eigenvalue weighted by Crippen LogP contribution is 2.28. The number of halogens is 2. The van der Waals surface area contributed by atoms with Crippen LogP contribution in [0.15, 0.2) is 16.6 Å². The van der Waals surface area contributed by atoms with Gasteiger partial charge in [-0.25, -0.2) is 4.39 Å². The zero-order chi connectivity index (χ0) is 10.9. The van der Waals surface area contributed by atoms with E-state index in [0.29, 0.717) is 10.0 Å². The van der Waals surface area contributed by atoms with E-state index in [1.807, 2.05) is 0 Å². The lowest BCUT2D eigenvalue weighted by molar-refractivity contribution is 0.148. The Kier molecular flexibility index (Phi) is 3.64. The summed E-state index contributed by atoms with van der Waals surface area (Å²) in [6.07, 6.45) is -0.965. The Morgan fingerprint density at radius 3 is 2.57 bits per heavy atom. The molecule has 14 heavy (non-hydrogen) atoms. The van der Waals surface area contributed by atoms with Crippen molar-refractivity contribution in [3.05, 3.63) is 33.5 Å². The van der Waals surface area contributed by atoms with Crippen molar-refractivity contribution in [2.45, 2.75) is 26.0 Å². The highest BCUT2D eigenvalue weighted by Gasteiger charge is 2.20. The monoisotopic (exact) mass is 261 g/mol. The molecule has 0 spiro atoms. The van der Waals surface area contributed by atoms with Crippen LogP contribution in [0.4, 0.5) is 4.39 Å². The molecule has 0 aliphatic heterocycles. The molecule has 0 aliphatic carbocycles. The molecule has 78 valence electrons. The molecule has 2 nitrogen and oxygen atoms in total. The summed E-state index contributed by atoms with van der Waals surface area (Å²) in [7, 11) is 0. The van der Waals surface area contributed by atoms with Crippen LogP contribution in [0.25, 0.3) is 0 Å². The number of hydrogen-bond acceptors (Lipinski definition) is 2. The van der Waals surface area contributed by atoms with E-state index in [9.17, 15) is 9.50 Å². The Hall–Kier alpha value is -0.450. The second-order valence-corrected chi connectivity index (χ2v) is 4.25. The van der Waals surface area contributed by atoms with Gasteiger partial charge >= 0.3 is 0 Å². The predicted molar refractivity (Wildman–Crippen MR) is 57.4 cm³/mol. The van der Waals surface area contributed by atoms with Gasteiger partial charge < -0.3 is 10.8 Å². The molecule has 4 heteroatoms. The fourth-order valence-electron chi connectivity index (χ4n) is 1.29. The summed E-state index contributed by atoms with van der Waals surface area (Å²) in [5.41, 5.74) is 6.50. The summed E-state index contributed by atoms with van der Waals surface area (Å²) >= 11 is 3.07. The summed E-state index contributed by atoms with van der Waals surface area (Å²) in [4.78, 5) is 0. The van der Waals surface area contributed by atoms with Gasteiger partial charge in [-0.3, -0.25) is 0 Å². The summed E-state index contributed by atoms with van der Waals surface area (Å²) in [6.45, 7) is 3.39. The van der Waals surface area contributed by atoms with Gasteiger partial charge in [-0.2, -0.15) is 0 Å². The van der Waals surface area contributed by atoms with Crippen molar-refractivity contribution in [2.75, 3.05) is 0 Å². The molecule has 0 aliphatic rings. The van der Waals surface area contributed by atoms with Crippen molar-refractivity contribution < 1.29 is 9.50 Å². The van der Waals surface area contributed by atoms with Crippen molar-refractivity contribution in [1.82, 2.24) is 0 Å². The number of rotatable bonds is 2. The van der Waals surface area contributed by atoms with Crippen LogP contribution < -0.4 is 5.73 Å². The first kappa shape index (κ1) is 11.6. The highest BCUT2D eigenvalue weighted by molar-refractivity contribution is 9.10. The quantitative estimate of drug-likeness (QED) is 0.858. The average Bonchev–Trinajstić information content (AvgIpc) is 2.12.